The van der Waals surface area contributed by atoms with E-state index in [2.05, 4.69) is 17.1 Å². The number of esters is 1. The molecule has 0 heterocycles. The Balaban J connectivity index is 1.49. The minimum absolute atomic E-state index is 0.208. The number of rotatable bonds is 10. The third-order valence-corrected chi connectivity index (χ3v) is 5.54. The fraction of sp³-hybridized carbons (Fsp3) is 0.100. The second-order valence-electron chi connectivity index (χ2n) is 8.00. The monoisotopic (exact) mass is 494 g/mol. The van der Waals surface area contributed by atoms with Crippen LogP contribution in [0.4, 0.5) is 0 Å². The van der Waals surface area contributed by atoms with Crippen molar-refractivity contribution in [3.05, 3.63) is 114 Å². The molecule has 0 spiro atoms. The molecule has 1 amide bonds. The molecule has 4 aromatic carbocycles. The second-order valence-corrected chi connectivity index (χ2v) is 8.00. The van der Waals surface area contributed by atoms with Crippen molar-refractivity contribution in [2.75, 3.05) is 13.7 Å². The van der Waals surface area contributed by atoms with E-state index in [1.165, 1.54) is 6.21 Å². The number of para-hydroxylation sites is 1. The van der Waals surface area contributed by atoms with Crippen LogP contribution in [0.25, 0.3) is 10.8 Å². The van der Waals surface area contributed by atoms with E-state index in [-0.39, 0.29) is 6.61 Å². The van der Waals surface area contributed by atoms with Gasteiger partial charge in [0.2, 0.25) is 0 Å². The Morgan fingerprint density at radius 3 is 2.46 bits per heavy atom. The minimum atomic E-state index is -0.525. The lowest BCUT2D eigenvalue weighted by atomic mass is 10.0. The van der Waals surface area contributed by atoms with Gasteiger partial charge >= 0.3 is 5.97 Å². The van der Waals surface area contributed by atoms with E-state index in [0.29, 0.717) is 34.8 Å². The van der Waals surface area contributed by atoms with Crippen molar-refractivity contribution in [2.45, 2.75) is 6.42 Å². The molecule has 7 heteroatoms. The van der Waals surface area contributed by atoms with Crippen molar-refractivity contribution in [2.24, 2.45) is 5.10 Å². The standard InChI is InChI=1S/C30H26N2O5/c1-3-8-22-10-5-7-12-27(22)36-20-29(33)32-31-19-26-25-11-6-4-9-21(25)15-18-28(26)37-30(34)23-13-16-24(35-2)17-14-23/h3-7,9-19H,1,8,20H2,2H3,(H,32,33)/b31-19+. The average Bonchev–Trinajstić information content (AvgIpc) is 2.93. The third-order valence-electron chi connectivity index (χ3n) is 5.54. The van der Waals surface area contributed by atoms with Crippen LogP contribution in [-0.4, -0.2) is 31.8 Å². The molecule has 0 unspecified atom stereocenters. The highest BCUT2D eigenvalue weighted by Crippen LogP contribution is 2.27. The molecule has 0 aliphatic rings. The van der Waals surface area contributed by atoms with Crippen LogP contribution in [0.3, 0.4) is 0 Å². The van der Waals surface area contributed by atoms with Crippen molar-refractivity contribution in [1.82, 2.24) is 5.43 Å². The van der Waals surface area contributed by atoms with Gasteiger partial charge in [-0.15, -0.1) is 6.58 Å². The van der Waals surface area contributed by atoms with E-state index < -0.39 is 11.9 Å². The highest BCUT2D eigenvalue weighted by molar-refractivity contribution is 6.04. The number of fused-ring (bicyclic) bond motifs is 1. The summed E-state index contributed by atoms with van der Waals surface area (Å²) in [5.41, 5.74) is 4.34. The first-order valence-electron chi connectivity index (χ1n) is 11.6. The van der Waals surface area contributed by atoms with E-state index in [4.69, 9.17) is 14.2 Å². The quantitative estimate of drug-likeness (QED) is 0.106. The maximum absolute atomic E-state index is 12.8. The molecule has 37 heavy (non-hydrogen) atoms. The number of hydrazone groups is 1. The zero-order valence-electron chi connectivity index (χ0n) is 20.3. The number of nitrogens with zero attached hydrogens (tertiary/aromatic N) is 1. The summed E-state index contributed by atoms with van der Waals surface area (Å²) in [6.45, 7) is 3.53. The molecule has 0 atom stereocenters. The molecule has 0 radical (unpaired) electrons. The van der Waals surface area contributed by atoms with Crippen molar-refractivity contribution in [3.63, 3.8) is 0 Å². The van der Waals surface area contributed by atoms with Gasteiger partial charge in [0, 0.05) is 5.56 Å². The molecule has 4 aromatic rings. The largest absolute Gasteiger partial charge is 0.497 e. The van der Waals surface area contributed by atoms with Crippen molar-refractivity contribution in [3.8, 4) is 17.2 Å². The third kappa shape index (κ3) is 6.41. The highest BCUT2D eigenvalue weighted by atomic mass is 16.5. The number of carbonyl (C=O) groups is 2. The van der Waals surface area contributed by atoms with Crippen LogP contribution in [0.15, 0.2) is 103 Å². The first-order valence-corrected chi connectivity index (χ1v) is 11.6. The van der Waals surface area contributed by atoms with Gasteiger partial charge in [-0.25, -0.2) is 10.2 Å². The molecule has 0 saturated heterocycles. The highest BCUT2D eigenvalue weighted by Gasteiger charge is 2.14. The van der Waals surface area contributed by atoms with Gasteiger partial charge in [0.15, 0.2) is 6.61 Å². The average molecular weight is 495 g/mol. The Morgan fingerprint density at radius 2 is 1.68 bits per heavy atom. The predicted octanol–water partition coefficient (Wildman–Crippen LogP) is 5.33. The van der Waals surface area contributed by atoms with Gasteiger partial charge < -0.3 is 14.2 Å². The SMILES string of the molecule is C=CCc1ccccc1OCC(=O)N/N=C/c1c(OC(=O)c2ccc(OC)cc2)ccc2ccccc12. The summed E-state index contributed by atoms with van der Waals surface area (Å²) in [5.74, 6) is 0.610. The number of carbonyl (C=O) groups excluding carboxylic acids is 2. The molecule has 0 aromatic heterocycles. The lowest BCUT2D eigenvalue weighted by Crippen LogP contribution is -2.25. The van der Waals surface area contributed by atoms with Crippen LogP contribution in [0.1, 0.15) is 21.5 Å². The summed E-state index contributed by atoms with van der Waals surface area (Å²) in [6, 6.07) is 25.3. The van der Waals surface area contributed by atoms with Gasteiger partial charge in [-0.2, -0.15) is 5.10 Å². The number of allylic oxidation sites excluding steroid dienone is 1. The molecule has 0 bridgehead atoms. The molecule has 1 N–H and O–H groups in total. The Morgan fingerprint density at radius 1 is 0.919 bits per heavy atom. The van der Waals surface area contributed by atoms with E-state index in [9.17, 15) is 9.59 Å². The summed E-state index contributed by atoms with van der Waals surface area (Å²) < 4.78 is 16.5. The van der Waals surface area contributed by atoms with Gasteiger partial charge in [-0.3, -0.25) is 4.79 Å². The van der Waals surface area contributed by atoms with Crippen molar-refractivity contribution >= 4 is 28.9 Å². The molecule has 0 saturated carbocycles. The molecule has 7 nitrogen and oxygen atoms in total. The zero-order valence-corrected chi connectivity index (χ0v) is 20.3. The fourth-order valence-corrected chi connectivity index (χ4v) is 3.70. The van der Waals surface area contributed by atoms with Crippen LogP contribution < -0.4 is 19.6 Å². The summed E-state index contributed by atoms with van der Waals surface area (Å²) in [5, 5.41) is 5.84. The Labute approximate surface area is 215 Å². The van der Waals surface area contributed by atoms with Gasteiger partial charge in [0.05, 0.1) is 18.9 Å². The van der Waals surface area contributed by atoms with Gasteiger partial charge in [-0.05, 0) is 59.2 Å². The summed E-state index contributed by atoms with van der Waals surface area (Å²) >= 11 is 0. The van der Waals surface area contributed by atoms with Crippen LogP contribution in [0.2, 0.25) is 0 Å². The summed E-state index contributed by atoms with van der Waals surface area (Å²) in [6.07, 6.45) is 3.87. The lowest BCUT2D eigenvalue weighted by Gasteiger charge is -2.11. The van der Waals surface area contributed by atoms with Crippen LogP contribution in [0.5, 0.6) is 17.2 Å². The number of benzene rings is 4. The van der Waals surface area contributed by atoms with E-state index >= 15 is 0 Å². The number of hydrogen-bond acceptors (Lipinski definition) is 6. The molecule has 0 fully saturated rings. The number of hydrogen-bond donors (Lipinski definition) is 1. The Bertz CT molecular complexity index is 1440. The van der Waals surface area contributed by atoms with E-state index in [0.717, 1.165) is 16.3 Å². The molecule has 186 valence electrons. The fourth-order valence-electron chi connectivity index (χ4n) is 3.70. The molecule has 0 aliphatic carbocycles. The van der Waals surface area contributed by atoms with Crippen LogP contribution >= 0.6 is 0 Å². The number of amides is 1. The maximum atomic E-state index is 12.8. The van der Waals surface area contributed by atoms with Crippen molar-refractivity contribution in [1.29, 1.82) is 0 Å². The van der Waals surface area contributed by atoms with Gasteiger partial charge in [-0.1, -0.05) is 54.6 Å². The topological polar surface area (TPSA) is 86.2 Å². The van der Waals surface area contributed by atoms with Crippen LogP contribution in [0, 0.1) is 0 Å². The smallest absolute Gasteiger partial charge is 0.343 e. The van der Waals surface area contributed by atoms with Crippen molar-refractivity contribution < 1.29 is 23.8 Å². The molecular weight excluding hydrogens is 468 g/mol. The number of ether oxygens (including phenoxy) is 3. The summed E-state index contributed by atoms with van der Waals surface area (Å²) in [7, 11) is 1.56. The second kappa shape index (κ2) is 12.2. The Kier molecular flexibility index (Phi) is 8.29. The maximum Gasteiger partial charge on any atom is 0.343 e. The minimum Gasteiger partial charge on any atom is -0.497 e. The van der Waals surface area contributed by atoms with E-state index in [1.807, 2.05) is 48.5 Å². The number of methoxy groups -OCH3 is 1. The molecule has 0 aliphatic heterocycles. The van der Waals surface area contributed by atoms with Crippen LogP contribution in [-0.2, 0) is 11.2 Å². The van der Waals surface area contributed by atoms with E-state index in [1.54, 1.807) is 49.6 Å². The summed E-state index contributed by atoms with van der Waals surface area (Å²) in [4.78, 5) is 25.2. The Hall–Kier alpha value is -4.91. The van der Waals surface area contributed by atoms with Gasteiger partial charge in [0.1, 0.15) is 17.2 Å². The first kappa shape index (κ1) is 25.2. The molecular formula is C30H26N2O5. The number of nitrogens with one attached hydrogen (secondary N) is 1. The lowest BCUT2D eigenvalue weighted by molar-refractivity contribution is -0.123. The first-order chi connectivity index (χ1) is 18.1. The predicted molar refractivity (Wildman–Crippen MR) is 143 cm³/mol. The normalized spacial score (nSPS) is 10.7. The molecule has 4 rings (SSSR count). The van der Waals surface area contributed by atoms with Gasteiger partial charge in [0.25, 0.3) is 5.91 Å². The zero-order chi connectivity index (χ0) is 26.0.